The number of ether oxygens (including phenoxy) is 2. The first-order valence-electron chi connectivity index (χ1n) is 8.62. The van der Waals surface area contributed by atoms with Crippen LogP contribution < -0.4 is 19.9 Å². The van der Waals surface area contributed by atoms with Crippen molar-refractivity contribution >= 4 is 11.7 Å². The number of carbonyl (C=O) groups excluding carboxylic acids is 1. The highest BCUT2D eigenvalue weighted by Crippen LogP contribution is 2.51. The highest BCUT2D eigenvalue weighted by Gasteiger charge is 2.39. The predicted molar refractivity (Wildman–Crippen MR) is 96.7 cm³/mol. The Labute approximate surface area is 152 Å². The minimum atomic E-state index is -1.15. The molecule has 0 saturated carbocycles. The Morgan fingerprint density at radius 2 is 1.96 bits per heavy atom. The van der Waals surface area contributed by atoms with Gasteiger partial charge in [0.25, 0.3) is 0 Å². The monoisotopic (exact) mass is 350 g/mol. The van der Waals surface area contributed by atoms with Gasteiger partial charge >= 0.3 is 0 Å². The SMILES string of the molecule is COc1ccc(OC)c([C@H]2Nc3ccc(C(=O)[O-])cc3[C@H]3C=CC[C@@H]32)c1. The third-order valence-corrected chi connectivity index (χ3v) is 5.37. The van der Waals surface area contributed by atoms with Gasteiger partial charge in [0.1, 0.15) is 11.5 Å². The summed E-state index contributed by atoms with van der Waals surface area (Å²) in [6.07, 6.45) is 5.25. The number of carboxylic acid groups (broad SMARTS) is 1. The van der Waals surface area contributed by atoms with E-state index in [-0.39, 0.29) is 23.4 Å². The standard InChI is InChI=1S/C21H21NO4/c1-25-13-7-9-19(26-2)17(11-13)20-15-5-3-4-14(15)16-10-12(21(23)24)6-8-18(16)22-20/h3-4,6-11,14-15,20,22H,5H2,1-2H3,(H,23,24)/p-1/t14-,15-,20-/m0/s1. The van der Waals surface area contributed by atoms with Crippen molar-refractivity contribution in [2.75, 3.05) is 19.5 Å². The number of hydrogen-bond donors (Lipinski definition) is 1. The molecule has 0 aromatic heterocycles. The van der Waals surface area contributed by atoms with Crippen LogP contribution in [-0.2, 0) is 0 Å². The van der Waals surface area contributed by atoms with E-state index in [4.69, 9.17) is 9.47 Å². The van der Waals surface area contributed by atoms with E-state index in [0.29, 0.717) is 0 Å². The Kier molecular flexibility index (Phi) is 4.07. The van der Waals surface area contributed by atoms with Crippen LogP contribution in [-0.4, -0.2) is 20.2 Å². The first kappa shape index (κ1) is 16.5. The third kappa shape index (κ3) is 2.60. The summed E-state index contributed by atoms with van der Waals surface area (Å²) in [5.41, 5.74) is 3.20. The van der Waals surface area contributed by atoms with Crippen molar-refractivity contribution in [3.05, 3.63) is 65.2 Å². The van der Waals surface area contributed by atoms with Crippen LogP contribution in [0.15, 0.2) is 48.6 Å². The number of rotatable bonds is 4. The van der Waals surface area contributed by atoms with Crippen molar-refractivity contribution in [2.45, 2.75) is 18.4 Å². The largest absolute Gasteiger partial charge is 0.545 e. The fraction of sp³-hybridized carbons (Fsp3) is 0.286. The summed E-state index contributed by atoms with van der Waals surface area (Å²) in [6, 6.07) is 11.0. The average Bonchev–Trinajstić information content (AvgIpc) is 3.16. The second-order valence-corrected chi connectivity index (χ2v) is 6.67. The molecule has 0 spiro atoms. The summed E-state index contributed by atoms with van der Waals surface area (Å²) in [6.45, 7) is 0. The lowest BCUT2D eigenvalue weighted by Crippen LogP contribution is -2.30. The Morgan fingerprint density at radius 1 is 1.12 bits per heavy atom. The maximum absolute atomic E-state index is 11.2. The summed E-state index contributed by atoms with van der Waals surface area (Å²) >= 11 is 0. The molecule has 134 valence electrons. The molecule has 1 heterocycles. The van der Waals surface area contributed by atoms with E-state index < -0.39 is 5.97 Å². The summed E-state index contributed by atoms with van der Waals surface area (Å²) < 4.78 is 11.0. The Hall–Kier alpha value is -2.95. The molecular formula is C21H20NO4-. The molecule has 1 aliphatic carbocycles. The molecule has 0 unspecified atom stereocenters. The molecule has 1 N–H and O–H groups in total. The van der Waals surface area contributed by atoms with Gasteiger partial charge in [-0.1, -0.05) is 18.2 Å². The van der Waals surface area contributed by atoms with Crippen molar-refractivity contribution in [1.82, 2.24) is 0 Å². The molecular weight excluding hydrogens is 330 g/mol. The number of allylic oxidation sites excluding steroid dienone is 2. The Bertz CT molecular complexity index is 890. The summed E-state index contributed by atoms with van der Waals surface area (Å²) in [5, 5.41) is 14.8. The van der Waals surface area contributed by atoms with E-state index in [2.05, 4.69) is 17.5 Å². The lowest BCUT2D eigenvalue weighted by Gasteiger charge is -2.38. The number of carbonyl (C=O) groups is 1. The van der Waals surface area contributed by atoms with Gasteiger partial charge in [0.2, 0.25) is 0 Å². The number of aromatic carboxylic acids is 1. The van der Waals surface area contributed by atoms with Crippen LogP contribution in [0.25, 0.3) is 0 Å². The molecule has 2 aromatic carbocycles. The molecule has 5 nitrogen and oxygen atoms in total. The van der Waals surface area contributed by atoms with Gasteiger partial charge in [-0.15, -0.1) is 0 Å². The zero-order chi connectivity index (χ0) is 18.3. The van der Waals surface area contributed by atoms with Gasteiger partial charge in [0.15, 0.2) is 0 Å². The summed E-state index contributed by atoms with van der Waals surface area (Å²) in [7, 11) is 3.31. The maximum Gasteiger partial charge on any atom is 0.124 e. The molecule has 1 aliphatic heterocycles. The van der Waals surface area contributed by atoms with E-state index in [1.807, 2.05) is 24.3 Å². The minimum absolute atomic E-state index is 0.0429. The smallest absolute Gasteiger partial charge is 0.124 e. The average molecular weight is 350 g/mol. The van der Waals surface area contributed by atoms with Crippen molar-refractivity contribution in [2.24, 2.45) is 5.92 Å². The van der Waals surface area contributed by atoms with Crippen molar-refractivity contribution in [3.8, 4) is 11.5 Å². The van der Waals surface area contributed by atoms with Crippen molar-refractivity contribution in [3.63, 3.8) is 0 Å². The van der Waals surface area contributed by atoms with Gasteiger partial charge in [-0.2, -0.15) is 0 Å². The lowest BCUT2D eigenvalue weighted by atomic mass is 9.76. The van der Waals surface area contributed by atoms with Gasteiger partial charge in [-0.25, -0.2) is 0 Å². The van der Waals surface area contributed by atoms with Gasteiger partial charge in [0.05, 0.1) is 26.2 Å². The van der Waals surface area contributed by atoms with Crippen LogP contribution in [0.1, 0.15) is 39.9 Å². The fourth-order valence-electron chi connectivity index (χ4n) is 4.11. The van der Waals surface area contributed by atoms with Crippen LogP contribution in [0.2, 0.25) is 0 Å². The molecule has 4 rings (SSSR count). The third-order valence-electron chi connectivity index (χ3n) is 5.37. The maximum atomic E-state index is 11.2. The number of carboxylic acids is 1. The quantitative estimate of drug-likeness (QED) is 0.859. The van der Waals surface area contributed by atoms with Crippen LogP contribution in [0.5, 0.6) is 11.5 Å². The molecule has 0 fully saturated rings. The molecule has 2 aliphatic rings. The fourth-order valence-corrected chi connectivity index (χ4v) is 4.11. The first-order valence-corrected chi connectivity index (χ1v) is 8.62. The topological polar surface area (TPSA) is 70.6 Å². The Morgan fingerprint density at radius 3 is 2.69 bits per heavy atom. The molecule has 5 heteroatoms. The molecule has 0 amide bonds. The zero-order valence-corrected chi connectivity index (χ0v) is 14.7. The van der Waals surface area contributed by atoms with Crippen LogP contribution in [0, 0.1) is 5.92 Å². The number of anilines is 1. The molecule has 0 radical (unpaired) electrons. The first-order chi connectivity index (χ1) is 12.6. The lowest BCUT2D eigenvalue weighted by molar-refractivity contribution is -0.255. The van der Waals surface area contributed by atoms with Crippen LogP contribution >= 0.6 is 0 Å². The van der Waals surface area contributed by atoms with E-state index in [1.165, 1.54) is 0 Å². The second-order valence-electron chi connectivity index (χ2n) is 6.67. The number of methoxy groups -OCH3 is 2. The van der Waals surface area contributed by atoms with Gasteiger partial charge in [0, 0.05) is 17.2 Å². The van der Waals surface area contributed by atoms with Crippen LogP contribution in [0.3, 0.4) is 0 Å². The zero-order valence-electron chi connectivity index (χ0n) is 14.7. The van der Waals surface area contributed by atoms with Crippen molar-refractivity contribution in [1.29, 1.82) is 0 Å². The second kappa shape index (κ2) is 6.41. The summed E-state index contributed by atoms with van der Waals surface area (Å²) in [4.78, 5) is 11.2. The number of fused-ring (bicyclic) bond motifs is 3. The highest BCUT2D eigenvalue weighted by atomic mass is 16.5. The van der Waals surface area contributed by atoms with E-state index in [0.717, 1.165) is 34.7 Å². The van der Waals surface area contributed by atoms with E-state index in [9.17, 15) is 9.90 Å². The van der Waals surface area contributed by atoms with Gasteiger partial charge < -0.3 is 24.7 Å². The molecule has 2 aromatic rings. The van der Waals surface area contributed by atoms with E-state index >= 15 is 0 Å². The van der Waals surface area contributed by atoms with Gasteiger partial charge in [-0.05, 0) is 53.8 Å². The number of benzene rings is 2. The minimum Gasteiger partial charge on any atom is -0.545 e. The summed E-state index contributed by atoms with van der Waals surface area (Å²) in [5.74, 6) is 0.877. The van der Waals surface area contributed by atoms with Crippen LogP contribution in [0.4, 0.5) is 5.69 Å². The van der Waals surface area contributed by atoms with E-state index in [1.54, 1.807) is 26.4 Å². The normalized spacial score (nSPS) is 22.9. The highest BCUT2D eigenvalue weighted by molar-refractivity contribution is 5.87. The van der Waals surface area contributed by atoms with Crippen molar-refractivity contribution < 1.29 is 19.4 Å². The molecule has 0 bridgehead atoms. The molecule has 0 saturated heterocycles. The number of nitrogens with one attached hydrogen (secondary N) is 1. The molecule has 26 heavy (non-hydrogen) atoms. The predicted octanol–water partition coefficient (Wildman–Crippen LogP) is 2.89. The Balaban J connectivity index is 1.80. The molecule has 3 atom stereocenters. The van der Waals surface area contributed by atoms with Gasteiger partial charge in [-0.3, -0.25) is 0 Å². The number of hydrogen-bond acceptors (Lipinski definition) is 5.